The van der Waals surface area contributed by atoms with Crippen LogP contribution in [0.25, 0.3) is 0 Å². The molecule has 0 aliphatic heterocycles. The Morgan fingerprint density at radius 2 is 2.24 bits per heavy atom. The Morgan fingerprint density at radius 1 is 1.59 bits per heavy atom. The number of hydrogen-bond donors (Lipinski definition) is 2. The van der Waals surface area contributed by atoms with Crippen LogP contribution in [0.4, 0.5) is 4.39 Å². The molecule has 0 aromatic carbocycles. The van der Waals surface area contributed by atoms with Crippen molar-refractivity contribution >= 4 is 16.9 Å². The van der Waals surface area contributed by atoms with Gasteiger partial charge in [-0.15, -0.1) is 0 Å². The van der Waals surface area contributed by atoms with E-state index in [9.17, 15) is 19.4 Å². The highest BCUT2D eigenvalue weighted by molar-refractivity contribution is 8.13. The maximum atomic E-state index is 12.9. The predicted octanol–water partition coefficient (Wildman–Crippen LogP) is 1.20. The highest BCUT2D eigenvalue weighted by Gasteiger charge is 2.21. The molecule has 1 heterocycles. The second-order valence-electron chi connectivity index (χ2n) is 3.68. The number of rotatable bonds is 4. The van der Waals surface area contributed by atoms with Crippen LogP contribution in [-0.4, -0.2) is 32.2 Å². The van der Waals surface area contributed by atoms with Gasteiger partial charge in [-0.05, 0) is 24.1 Å². The lowest BCUT2D eigenvalue weighted by atomic mass is 10.0. The summed E-state index contributed by atoms with van der Waals surface area (Å²) in [4.78, 5) is 14.2. The highest BCUT2D eigenvalue weighted by atomic mass is 32.2. The van der Waals surface area contributed by atoms with E-state index in [2.05, 4.69) is 4.98 Å². The Hall–Kier alpha value is -0.980. The van der Waals surface area contributed by atoms with Crippen LogP contribution < -0.4 is 0 Å². The minimum Gasteiger partial charge on any atom is -0.389 e. The number of hydrogen-bond acceptors (Lipinski definition) is 5. The summed E-state index contributed by atoms with van der Waals surface area (Å²) < 4.78 is 12.9. The quantitative estimate of drug-likeness (QED) is 0.795. The molecule has 0 aliphatic rings. The lowest BCUT2D eigenvalue weighted by Crippen LogP contribution is -2.22. The van der Waals surface area contributed by atoms with Gasteiger partial charge in [0.05, 0.1) is 6.10 Å². The highest BCUT2D eigenvalue weighted by Crippen LogP contribution is 2.23. The summed E-state index contributed by atoms with van der Waals surface area (Å²) in [6.45, 7) is 3.04. The van der Waals surface area contributed by atoms with E-state index < -0.39 is 18.2 Å². The van der Waals surface area contributed by atoms with Crippen molar-refractivity contribution in [1.29, 1.82) is 0 Å². The van der Waals surface area contributed by atoms with Crippen molar-refractivity contribution < 1.29 is 19.4 Å². The second kappa shape index (κ2) is 6.09. The zero-order valence-corrected chi connectivity index (χ0v) is 10.4. The average Bonchev–Trinajstić information content (AvgIpc) is 2.28. The molecule has 0 fully saturated rings. The van der Waals surface area contributed by atoms with Crippen molar-refractivity contribution in [2.75, 3.05) is 5.75 Å². The summed E-state index contributed by atoms with van der Waals surface area (Å²) >= 11 is 0.914. The van der Waals surface area contributed by atoms with Crippen LogP contribution in [-0.2, 0) is 4.79 Å². The maximum absolute atomic E-state index is 12.9. The number of thioether (sulfide) groups is 1. The molecule has 0 saturated carbocycles. The van der Waals surface area contributed by atoms with E-state index in [1.54, 1.807) is 6.92 Å². The number of carbonyl (C=O) groups is 1. The molecule has 0 saturated heterocycles. The molecule has 2 atom stereocenters. The molecule has 94 valence electrons. The van der Waals surface area contributed by atoms with Gasteiger partial charge in [0, 0.05) is 18.9 Å². The topological polar surface area (TPSA) is 70.4 Å². The van der Waals surface area contributed by atoms with Crippen molar-refractivity contribution in [2.45, 2.75) is 26.1 Å². The number of carbonyl (C=O) groups excluding carboxylic acids is 1. The Morgan fingerprint density at radius 3 is 2.82 bits per heavy atom. The zero-order valence-electron chi connectivity index (χ0n) is 9.55. The molecule has 1 aromatic heterocycles. The summed E-state index contributed by atoms with van der Waals surface area (Å²) in [5, 5.41) is 19.4. The molecule has 4 nitrogen and oxygen atoms in total. The van der Waals surface area contributed by atoms with Gasteiger partial charge in [0.15, 0.2) is 5.12 Å². The standard InChI is InChI=1S/C11H14FNO3S/c1-6-4-13-10(12)3-8(6)11(16)9(15)5-17-7(2)14/h3-4,9,11,15-16H,5H2,1-2H3. The van der Waals surface area contributed by atoms with E-state index >= 15 is 0 Å². The van der Waals surface area contributed by atoms with Gasteiger partial charge in [0.1, 0.15) is 6.10 Å². The van der Waals surface area contributed by atoms with Crippen LogP contribution >= 0.6 is 11.8 Å². The molecule has 2 N–H and O–H groups in total. The molecule has 2 unspecified atom stereocenters. The van der Waals surface area contributed by atoms with Gasteiger partial charge in [-0.2, -0.15) is 4.39 Å². The van der Waals surface area contributed by atoms with Crippen molar-refractivity contribution in [3.8, 4) is 0 Å². The SMILES string of the molecule is CC(=O)SCC(O)C(O)c1cc(F)ncc1C. The average molecular weight is 259 g/mol. The van der Waals surface area contributed by atoms with E-state index in [1.165, 1.54) is 13.1 Å². The van der Waals surface area contributed by atoms with Crippen molar-refractivity contribution in [1.82, 2.24) is 4.98 Å². The van der Waals surface area contributed by atoms with Crippen molar-refractivity contribution in [3.63, 3.8) is 0 Å². The second-order valence-corrected chi connectivity index (χ2v) is 4.88. The first kappa shape index (κ1) is 14.1. The van der Waals surface area contributed by atoms with Crippen LogP contribution in [0, 0.1) is 12.9 Å². The Labute approximate surface area is 103 Å². The molecule has 0 aliphatic carbocycles. The molecule has 0 radical (unpaired) electrons. The summed E-state index contributed by atoms with van der Waals surface area (Å²) in [5.74, 6) is -0.643. The van der Waals surface area contributed by atoms with E-state index in [4.69, 9.17) is 0 Å². The minimum atomic E-state index is -1.22. The van der Waals surface area contributed by atoms with Crippen molar-refractivity contribution in [3.05, 3.63) is 29.3 Å². The number of pyridine rings is 1. The van der Waals surface area contributed by atoms with Crippen LogP contribution in [0.3, 0.4) is 0 Å². The Kier molecular flexibility index (Phi) is 5.04. The first-order chi connectivity index (χ1) is 7.91. The van der Waals surface area contributed by atoms with E-state index in [0.29, 0.717) is 5.56 Å². The normalized spacial score (nSPS) is 14.4. The van der Waals surface area contributed by atoms with Crippen LogP contribution in [0.2, 0.25) is 0 Å². The van der Waals surface area contributed by atoms with Gasteiger partial charge in [-0.25, -0.2) is 4.98 Å². The first-order valence-electron chi connectivity index (χ1n) is 5.03. The maximum Gasteiger partial charge on any atom is 0.213 e. The minimum absolute atomic E-state index is 0.0693. The third kappa shape index (κ3) is 4.07. The lowest BCUT2D eigenvalue weighted by Gasteiger charge is -2.18. The number of aliphatic hydroxyl groups is 2. The van der Waals surface area contributed by atoms with Crippen LogP contribution in [0.5, 0.6) is 0 Å². The smallest absolute Gasteiger partial charge is 0.213 e. The fourth-order valence-electron chi connectivity index (χ4n) is 1.33. The zero-order chi connectivity index (χ0) is 13.0. The molecule has 0 amide bonds. The van der Waals surface area contributed by atoms with E-state index in [0.717, 1.165) is 17.8 Å². The summed E-state index contributed by atoms with van der Waals surface area (Å²) in [6, 6.07) is 1.08. The third-order valence-corrected chi connectivity index (χ3v) is 3.17. The number of nitrogens with zero attached hydrogens (tertiary/aromatic N) is 1. The van der Waals surface area contributed by atoms with Crippen LogP contribution in [0.15, 0.2) is 12.3 Å². The van der Waals surface area contributed by atoms with Gasteiger partial charge >= 0.3 is 0 Å². The van der Waals surface area contributed by atoms with Gasteiger partial charge < -0.3 is 10.2 Å². The number of aliphatic hydroxyl groups excluding tert-OH is 2. The van der Waals surface area contributed by atoms with Gasteiger partial charge in [0.2, 0.25) is 5.95 Å². The molecule has 0 spiro atoms. The summed E-state index contributed by atoms with van der Waals surface area (Å²) in [5.41, 5.74) is 0.875. The van der Waals surface area contributed by atoms with Gasteiger partial charge in [-0.3, -0.25) is 4.79 Å². The predicted molar refractivity (Wildman–Crippen MR) is 63.0 cm³/mol. The summed E-state index contributed by atoms with van der Waals surface area (Å²) in [7, 11) is 0. The van der Waals surface area contributed by atoms with Gasteiger partial charge in [0.25, 0.3) is 0 Å². The Balaban J connectivity index is 2.77. The monoisotopic (exact) mass is 259 g/mol. The molecular weight excluding hydrogens is 245 g/mol. The molecule has 17 heavy (non-hydrogen) atoms. The van der Waals surface area contributed by atoms with Crippen molar-refractivity contribution in [2.24, 2.45) is 0 Å². The van der Waals surface area contributed by atoms with E-state index in [1.807, 2.05) is 0 Å². The largest absolute Gasteiger partial charge is 0.389 e. The lowest BCUT2D eigenvalue weighted by molar-refractivity contribution is -0.109. The fourth-order valence-corrected chi connectivity index (χ4v) is 1.92. The number of halogens is 1. The summed E-state index contributed by atoms with van der Waals surface area (Å²) in [6.07, 6.45) is -1.05. The number of aryl methyl sites for hydroxylation is 1. The first-order valence-corrected chi connectivity index (χ1v) is 6.02. The molecule has 1 aromatic rings. The molecule has 0 bridgehead atoms. The molecular formula is C11H14FNO3S. The van der Waals surface area contributed by atoms with Gasteiger partial charge in [-0.1, -0.05) is 11.8 Å². The number of aromatic nitrogens is 1. The Bertz CT molecular complexity index is 414. The van der Waals surface area contributed by atoms with Crippen LogP contribution in [0.1, 0.15) is 24.2 Å². The fraction of sp³-hybridized carbons (Fsp3) is 0.455. The third-order valence-electron chi connectivity index (χ3n) is 2.25. The molecule has 6 heteroatoms. The molecule has 1 rings (SSSR count). The van der Waals surface area contributed by atoms with E-state index in [-0.39, 0.29) is 16.4 Å².